The molecule has 0 amide bonds. The van der Waals surface area contributed by atoms with Crippen molar-refractivity contribution in [2.75, 3.05) is 11.9 Å². The summed E-state index contributed by atoms with van der Waals surface area (Å²) in [5.74, 6) is 0.605. The van der Waals surface area contributed by atoms with Gasteiger partial charge in [0.05, 0.1) is 10.4 Å². The van der Waals surface area contributed by atoms with E-state index in [1.165, 1.54) is 10.1 Å². The topological polar surface area (TPSA) is 89.2 Å². The molecule has 1 N–H and O–H groups in total. The standard InChI is InChI=1S/C25H23N5O2S/c1-17-12-13-20(16-18(17)2)33(31,32)25-24-27-23(26-15-14-19-8-4-3-5-9-19)21-10-6-7-11-22(21)30(24)29-28-25/h3-13,16H,14-15H2,1-2H3,(H,26,27). The predicted octanol–water partition coefficient (Wildman–Crippen LogP) is 4.38. The summed E-state index contributed by atoms with van der Waals surface area (Å²) >= 11 is 0. The van der Waals surface area contributed by atoms with Crippen LogP contribution in [0.15, 0.2) is 82.7 Å². The van der Waals surface area contributed by atoms with Gasteiger partial charge in [0.25, 0.3) is 0 Å². The van der Waals surface area contributed by atoms with E-state index in [2.05, 4.69) is 32.7 Å². The van der Waals surface area contributed by atoms with Gasteiger partial charge in [-0.3, -0.25) is 0 Å². The summed E-state index contributed by atoms with van der Waals surface area (Å²) < 4.78 is 28.4. The van der Waals surface area contributed by atoms with E-state index >= 15 is 0 Å². The van der Waals surface area contributed by atoms with Gasteiger partial charge in [0.2, 0.25) is 14.9 Å². The van der Waals surface area contributed by atoms with E-state index in [0.29, 0.717) is 12.4 Å². The highest BCUT2D eigenvalue weighted by Crippen LogP contribution is 2.28. The maximum absolute atomic E-state index is 13.4. The van der Waals surface area contributed by atoms with Crippen molar-refractivity contribution in [1.29, 1.82) is 0 Å². The normalized spacial score (nSPS) is 11.8. The van der Waals surface area contributed by atoms with Gasteiger partial charge in [0, 0.05) is 11.9 Å². The number of aryl methyl sites for hydroxylation is 2. The number of fused-ring (bicyclic) bond motifs is 3. The molecule has 5 rings (SSSR count). The average molecular weight is 458 g/mol. The van der Waals surface area contributed by atoms with Crippen LogP contribution in [0.4, 0.5) is 5.82 Å². The monoisotopic (exact) mass is 457 g/mol. The van der Waals surface area contributed by atoms with E-state index in [-0.39, 0.29) is 15.6 Å². The summed E-state index contributed by atoms with van der Waals surface area (Å²) in [5, 5.41) is 12.3. The van der Waals surface area contributed by atoms with Crippen LogP contribution < -0.4 is 5.32 Å². The van der Waals surface area contributed by atoms with E-state index in [1.54, 1.807) is 18.2 Å². The smallest absolute Gasteiger partial charge is 0.229 e. The van der Waals surface area contributed by atoms with Gasteiger partial charge in [-0.25, -0.2) is 13.4 Å². The Bertz CT molecular complexity index is 1580. The zero-order chi connectivity index (χ0) is 23.0. The fourth-order valence-corrected chi connectivity index (χ4v) is 5.14. The average Bonchev–Trinajstić information content (AvgIpc) is 3.26. The number of nitrogens with zero attached hydrogens (tertiary/aromatic N) is 4. The third-order valence-electron chi connectivity index (χ3n) is 5.81. The molecule has 0 aliphatic heterocycles. The molecule has 0 saturated carbocycles. The van der Waals surface area contributed by atoms with Gasteiger partial charge in [0.15, 0.2) is 5.65 Å². The Kier molecular flexibility index (Phi) is 5.30. The molecule has 5 aromatic rings. The second-order valence-electron chi connectivity index (χ2n) is 8.02. The lowest BCUT2D eigenvalue weighted by atomic mass is 10.1. The summed E-state index contributed by atoms with van der Waals surface area (Å²) in [7, 11) is -3.90. The van der Waals surface area contributed by atoms with Gasteiger partial charge in [-0.1, -0.05) is 53.7 Å². The summed E-state index contributed by atoms with van der Waals surface area (Å²) in [6.07, 6.45) is 0.813. The van der Waals surface area contributed by atoms with Crippen LogP contribution in [-0.2, 0) is 16.3 Å². The van der Waals surface area contributed by atoms with Gasteiger partial charge in [-0.15, -0.1) is 5.10 Å². The molecule has 0 aliphatic carbocycles. The Labute approximate surface area is 192 Å². The number of sulfone groups is 1. The Balaban J connectivity index is 1.60. The number of hydrogen-bond acceptors (Lipinski definition) is 6. The van der Waals surface area contributed by atoms with E-state index in [1.807, 2.05) is 56.3 Å². The van der Waals surface area contributed by atoms with Crippen molar-refractivity contribution in [1.82, 2.24) is 19.8 Å². The highest BCUT2D eigenvalue weighted by molar-refractivity contribution is 7.91. The lowest BCUT2D eigenvalue weighted by Crippen LogP contribution is -2.09. The molecule has 0 spiro atoms. The van der Waals surface area contributed by atoms with Crippen LogP contribution in [0.2, 0.25) is 0 Å². The molecule has 0 aliphatic rings. The zero-order valence-corrected chi connectivity index (χ0v) is 19.2. The molecule has 2 aromatic heterocycles. The Morgan fingerprint density at radius 1 is 0.909 bits per heavy atom. The van der Waals surface area contributed by atoms with E-state index in [4.69, 9.17) is 0 Å². The molecule has 3 aromatic carbocycles. The summed E-state index contributed by atoms with van der Waals surface area (Å²) in [4.78, 5) is 4.86. The quantitative estimate of drug-likeness (QED) is 0.407. The first-order valence-corrected chi connectivity index (χ1v) is 12.2. The fourth-order valence-electron chi connectivity index (χ4n) is 3.82. The molecule has 0 bridgehead atoms. The first-order valence-electron chi connectivity index (χ1n) is 10.7. The Hall–Kier alpha value is -3.78. The minimum atomic E-state index is -3.90. The van der Waals surface area contributed by atoms with Crippen molar-refractivity contribution in [3.63, 3.8) is 0 Å². The fraction of sp³-hybridized carbons (Fsp3) is 0.160. The summed E-state index contributed by atoms with van der Waals surface area (Å²) in [5.41, 5.74) is 4.07. The lowest BCUT2D eigenvalue weighted by molar-refractivity contribution is 0.592. The molecule has 166 valence electrons. The largest absolute Gasteiger partial charge is 0.369 e. The molecule has 0 fully saturated rings. The van der Waals surface area contributed by atoms with E-state index in [0.717, 1.165) is 28.5 Å². The van der Waals surface area contributed by atoms with E-state index < -0.39 is 9.84 Å². The molecule has 0 saturated heterocycles. The first kappa shape index (κ1) is 21.1. The number of benzene rings is 3. The minimum Gasteiger partial charge on any atom is -0.369 e. The van der Waals surface area contributed by atoms with Crippen LogP contribution in [0.5, 0.6) is 0 Å². The third-order valence-corrected chi connectivity index (χ3v) is 7.46. The number of aromatic nitrogens is 4. The second kappa shape index (κ2) is 8.29. The van der Waals surface area contributed by atoms with Crippen molar-refractivity contribution in [2.24, 2.45) is 0 Å². The van der Waals surface area contributed by atoms with Crippen molar-refractivity contribution >= 4 is 32.2 Å². The van der Waals surface area contributed by atoms with Gasteiger partial charge in [0.1, 0.15) is 5.82 Å². The predicted molar refractivity (Wildman–Crippen MR) is 128 cm³/mol. The highest BCUT2D eigenvalue weighted by atomic mass is 32.2. The molecule has 0 unspecified atom stereocenters. The molecule has 2 heterocycles. The first-order chi connectivity index (χ1) is 15.9. The van der Waals surface area contributed by atoms with Crippen LogP contribution in [-0.4, -0.2) is 34.8 Å². The molecule has 7 nitrogen and oxygen atoms in total. The molecule has 0 atom stereocenters. The minimum absolute atomic E-state index is 0.150. The van der Waals surface area contributed by atoms with Crippen LogP contribution in [0.1, 0.15) is 16.7 Å². The van der Waals surface area contributed by atoms with Gasteiger partial charge in [-0.2, -0.15) is 4.52 Å². The summed E-state index contributed by atoms with van der Waals surface area (Å²) in [6.45, 7) is 4.48. The van der Waals surface area contributed by atoms with Crippen LogP contribution in [0.25, 0.3) is 16.6 Å². The molecular formula is C25H23N5O2S. The number of rotatable bonds is 6. The van der Waals surface area contributed by atoms with Crippen LogP contribution in [0.3, 0.4) is 0 Å². The number of anilines is 1. The zero-order valence-electron chi connectivity index (χ0n) is 18.4. The maximum atomic E-state index is 13.4. The Morgan fingerprint density at radius 2 is 1.67 bits per heavy atom. The number of nitrogens with one attached hydrogen (secondary N) is 1. The third kappa shape index (κ3) is 3.82. The highest BCUT2D eigenvalue weighted by Gasteiger charge is 2.27. The van der Waals surface area contributed by atoms with Gasteiger partial charge in [-0.05, 0) is 61.2 Å². The van der Waals surface area contributed by atoms with Gasteiger partial charge >= 0.3 is 0 Å². The molecule has 0 radical (unpaired) electrons. The molecule has 33 heavy (non-hydrogen) atoms. The number of hydrogen-bond donors (Lipinski definition) is 1. The maximum Gasteiger partial charge on any atom is 0.229 e. The Morgan fingerprint density at radius 3 is 2.45 bits per heavy atom. The summed E-state index contributed by atoms with van der Waals surface area (Å²) in [6, 6.07) is 22.8. The lowest BCUT2D eigenvalue weighted by Gasteiger charge is -2.11. The SMILES string of the molecule is Cc1ccc(S(=O)(=O)c2nnn3c2nc(NCCc2ccccc2)c2ccccc23)cc1C. The molecule has 8 heteroatoms. The van der Waals surface area contributed by atoms with E-state index in [9.17, 15) is 8.42 Å². The van der Waals surface area contributed by atoms with Crippen LogP contribution >= 0.6 is 0 Å². The van der Waals surface area contributed by atoms with Crippen LogP contribution in [0, 0.1) is 13.8 Å². The van der Waals surface area contributed by atoms with Crippen molar-refractivity contribution in [2.45, 2.75) is 30.2 Å². The van der Waals surface area contributed by atoms with Crippen molar-refractivity contribution in [3.8, 4) is 0 Å². The second-order valence-corrected chi connectivity index (χ2v) is 9.88. The number of para-hydroxylation sites is 1. The van der Waals surface area contributed by atoms with Crippen molar-refractivity contribution < 1.29 is 8.42 Å². The van der Waals surface area contributed by atoms with Crippen molar-refractivity contribution in [3.05, 3.63) is 89.5 Å². The molecular weight excluding hydrogens is 434 g/mol. The van der Waals surface area contributed by atoms with Gasteiger partial charge < -0.3 is 5.32 Å².